The van der Waals surface area contributed by atoms with Gasteiger partial charge in [0.1, 0.15) is 0 Å². The molecule has 1 fully saturated rings. The molecular formula is C11H18ClN3OS. The zero-order valence-corrected chi connectivity index (χ0v) is 11.7. The molecule has 0 aliphatic carbocycles. The molecule has 1 aliphatic heterocycles. The number of carbonyl (C=O) groups is 1. The summed E-state index contributed by atoms with van der Waals surface area (Å²) in [5.41, 5.74) is 1.05. The highest BCUT2D eigenvalue weighted by Gasteiger charge is 2.23. The van der Waals surface area contributed by atoms with Crippen LogP contribution < -0.4 is 10.6 Å². The van der Waals surface area contributed by atoms with Gasteiger partial charge in [-0.2, -0.15) is 0 Å². The Kier molecular flexibility index (Phi) is 5.36. The van der Waals surface area contributed by atoms with E-state index in [0.717, 1.165) is 30.3 Å². The lowest BCUT2D eigenvalue weighted by Crippen LogP contribution is -2.24. The first-order valence-corrected chi connectivity index (χ1v) is 6.52. The molecule has 1 aromatic rings. The van der Waals surface area contributed by atoms with Gasteiger partial charge >= 0.3 is 0 Å². The standard InChI is InChI=1S/C11H17N3OS.ClH/c1-7(2)9-6-16-11(13-9)14-10(15)8-3-4-12-5-8;/h6-8,12H,3-5H2,1-2H3,(H,13,14,15);1H. The zero-order valence-electron chi connectivity index (χ0n) is 10.0. The molecule has 17 heavy (non-hydrogen) atoms. The fraction of sp³-hybridized carbons (Fsp3) is 0.636. The first-order valence-electron chi connectivity index (χ1n) is 5.64. The minimum atomic E-state index is 0. The SMILES string of the molecule is CC(C)c1csc(NC(=O)C2CCNC2)n1.Cl. The normalized spacial score (nSPS) is 19.1. The van der Waals surface area contributed by atoms with E-state index in [1.54, 1.807) is 0 Å². The van der Waals surface area contributed by atoms with Gasteiger partial charge in [0.05, 0.1) is 11.6 Å². The molecule has 2 rings (SSSR count). The smallest absolute Gasteiger partial charge is 0.230 e. The van der Waals surface area contributed by atoms with Crippen LogP contribution in [0.5, 0.6) is 0 Å². The maximum absolute atomic E-state index is 11.8. The molecule has 1 saturated heterocycles. The lowest BCUT2D eigenvalue weighted by Gasteiger charge is -2.06. The van der Waals surface area contributed by atoms with Crippen LogP contribution in [0.4, 0.5) is 5.13 Å². The van der Waals surface area contributed by atoms with Crippen LogP contribution in [-0.4, -0.2) is 24.0 Å². The second-order valence-electron chi connectivity index (χ2n) is 4.41. The van der Waals surface area contributed by atoms with Crippen molar-refractivity contribution < 1.29 is 4.79 Å². The van der Waals surface area contributed by atoms with Crippen molar-refractivity contribution in [3.8, 4) is 0 Å². The van der Waals surface area contributed by atoms with Gasteiger partial charge in [-0.25, -0.2) is 4.98 Å². The lowest BCUT2D eigenvalue weighted by molar-refractivity contribution is -0.119. The fourth-order valence-corrected chi connectivity index (χ4v) is 2.57. The van der Waals surface area contributed by atoms with Gasteiger partial charge in [0.25, 0.3) is 0 Å². The van der Waals surface area contributed by atoms with Crippen molar-refractivity contribution in [3.05, 3.63) is 11.1 Å². The number of rotatable bonds is 3. The average Bonchev–Trinajstić information content (AvgIpc) is 2.87. The first-order chi connectivity index (χ1) is 7.66. The summed E-state index contributed by atoms with van der Waals surface area (Å²) in [6.07, 6.45) is 0.925. The van der Waals surface area contributed by atoms with Crippen molar-refractivity contribution in [1.82, 2.24) is 10.3 Å². The van der Waals surface area contributed by atoms with E-state index in [4.69, 9.17) is 0 Å². The number of thiazole rings is 1. The average molecular weight is 276 g/mol. The van der Waals surface area contributed by atoms with Crippen LogP contribution in [0.25, 0.3) is 0 Å². The largest absolute Gasteiger partial charge is 0.316 e. The van der Waals surface area contributed by atoms with E-state index in [2.05, 4.69) is 29.5 Å². The number of hydrogen-bond donors (Lipinski definition) is 2. The van der Waals surface area contributed by atoms with Crippen molar-refractivity contribution in [2.75, 3.05) is 18.4 Å². The second-order valence-corrected chi connectivity index (χ2v) is 5.27. The Morgan fingerprint density at radius 2 is 2.41 bits per heavy atom. The van der Waals surface area contributed by atoms with E-state index in [1.165, 1.54) is 11.3 Å². The van der Waals surface area contributed by atoms with Crippen LogP contribution >= 0.6 is 23.7 Å². The number of amides is 1. The molecule has 0 saturated carbocycles. The van der Waals surface area contributed by atoms with Gasteiger partial charge in [-0.05, 0) is 18.9 Å². The van der Waals surface area contributed by atoms with Gasteiger partial charge in [0.2, 0.25) is 5.91 Å². The minimum Gasteiger partial charge on any atom is -0.316 e. The molecule has 0 spiro atoms. The highest BCUT2D eigenvalue weighted by atomic mass is 35.5. The van der Waals surface area contributed by atoms with Crippen LogP contribution in [0.1, 0.15) is 31.9 Å². The Balaban J connectivity index is 0.00000144. The van der Waals surface area contributed by atoms with Gasteiger partial charge in [0, 0.05) is 11.9 Å². The molecule has 1 aromatic heterocycles. The van der Waals surface area contributed by atoms with Crippen LogP contribution in [0.15, 0.2) is 5.38 Å². The highest BCUT2D eigenvalue weighted by Crippen LogP contribution is 2.22. The number of anilines is 1. The van der Waals surface area contributed by atoms with Crippen LogP contribution in [-0.2, 0) is 4.79 Å². The Morgan fingerprint density at radius 3 is 2.94 bits per heavy atom. The molecular weight excluding hydrogens is 258 g/mol. The van der Waals surface area contributed by atoms with Gasteiger partial charge in [-0.15, -0.1) is 23.7 Å². The Bertz CT molecular complexity index is 375. The maximum Gasteiger partial charge on any atom is 0.230 e. The van der Waals surface area contributed by atoms with E-state index < -0.39 is 0 Å². The van der Waals surface area contributed by atoms with Crippen molar-refractivity contribution >= 4 is 34.8 Å². The Labute approximate surface area is 112 Å². The first kappa shape index (κ1) is 14.4. The van der Waals surface area contributed by atoms with E-state index >= 15 is 0 Å². The number of aromatic nitrogens is 1. The number of nitrogens with one attached hydrogen (secondary N) is 2. The second kappa shape index (κ2) is 6.33. The van der Waals surface area contributed by atoms with E-state index in [1.807, 2.05) is 5.38 Å². The number of hydrogen-bond acceptors (Lipinski definition) is 4. The summed E-state index contributed by atoms with van der Waals surface area (Å²) in [6, 6.07) is 0. The van der Waals surface area contributed by atoms with Crippen molar-refractivity contribution in [1.29, 1.82) is 0 Å². The maximum atomic E-state index is 11.8. The minimum absolute atomic E-state index is 0. The summed E-state index contributed by atoms with van der Waals surface area (Å²) >= 11 is 1.50. The van der Waals surface area contributed by atoms with Gasteiger partial charge in [-0.1, -0.05) is 13.8 Å². The third-order valence-electron chi connectivity index (χ3n) is 2.77. The third-order valence-corrected chi connectivity index (χ3v) is 3.55. The molecule has 0 radical (unpaired) electrons. The molecule has 2 N–H and O–H groups in total. The molecule has 0 bridgehead atoms. The topological polar surface area (TPSA) is 54.0 Å². The van der Waals surface area contributed by atoms with Gasteiger partial charge in [-0.3, -0.25) is 4.79 Å². The fourth-order valence-electron chi connectivity index (χ4n) is 1.69. The van der Waals surface area contributed by atoms with Crippen LogP contribution in [0.2, 0.25) is 0 Å². The molecule has 1 atom stereocenters. The third kappa shape index (κ3) is 3.66. The summed E-state index contributed by atoms with van der Waals surface area (Å²) < 4.78 is 0. The highest BCUT2D eigenvalue weighted by molar-refractivity contribution is 7.13. The van der Waals surface area contributed by atoms with Gasteiger partial charge < -0.3 is 10.6 Å². The van der Waals surface area contributed by atoms with E-state index in [9.17, 15) is 4.79 Å². The summed E-state index contributed by atoms with van der Waals surface area (Å²) in [4.78, 5) is 16.2. The molecule has 1 unspecified atom stereocenters. The van der Waals surface area contributed by atoms with Crippen molar-refractivity contribution in [2.45, 2.75) is 26.2 Å². The summed E-state index contributed by atoms with van der Waals surface area (Å²) in [7, 11) is 0. The lowest BCUT2D eigenvalue weighted by atomic mass is 10.1. The van der Waals surface area contributed by atoms with E-state index in [0.29, 0.717) is 5.92 Å². The number of nitrogens with zero attached hydrogens (tertiary/aromatic N) is 1. The molecule has 4 nitrogen and oxygen atoms in total. The van der Waals surface area contributed by atoms with E-state index in [-0.39, 0.29) is 24.2 Å². The summed E-state index contributed by atoms with van der Waals surface area (Å²) in [6.45, 7) is 5.92. The van der Waals surface area contributed by atoms with Crippen LogP contribution in [0, 0.1) is 5.92 Å². The molecule has 0 aromatic carbocycles. The summed E-state index contributed by atoms with van der Waals surface area (Å²) in [5.74, 6) is 0.608. The Hall–Kier alpha value is -0.650. The molecule has 96 valence electrons. The number of halogens is 1. The zero-order chi connectivity index (χ0) is 11.5. The molecule has 2 heterocycles. The molecule has 6 heteroatoms. The summed E-state index contributed by atoms with van der Waals surface area (Å²) in [5, 5.41) is 8.80. The van der Waals surface area contributed by atoms with Gasteiger partial charge in [0.15, 0.2) is 5.13 Å². The van der Waals surface area contributed by atoms with Crippen molar-refractivity contribution in [2.24, 2.45) is 5.92 Å². The predicted octanol–water partition coefficient (Wildman–Crippen LogP) is 2.24. The number of carbonyl (C=O) groups excluding carboxylic acids is 1. The quantitative estimate of drug-likeness (QED) is 0.890. The van der Waals surface area contributed by atoms with Crippen LogP contribution in [0.3, 0.4) is 0 Å². The molecule has 1 aliphatic rings. The predicted molar refractivity (Wildman–Crippen MR) is 73.1 cm³/mol. The van der Waals surface area contributed by atoms with Crippen molar-refractivity contribution in [3.63, 3.8) is 0 Å². The molecule has 1 amide bonds. The monoisotopic (exact) mass is 275 g/mol. The Morgan fingerprint density at radius 1 is 1.65 bits per heavy atom.